The van der Waals surface area contributed by atoms with Crippen molar-refractivity contribution in [3.05, 3.63) is 35.4 Å². The average molecular weight is 331 g/mol. The minimum absolute atomic E-state index is 0.126. The summed E-state index contributed by atoms with van der Waals surface area (Å²) in [4.78, 5) is 17.4. The molecule has 24 heavy (non-hydrogen) atoms. The van der Waals surface area contributed by atoms with Crippen molar-refractivity contribution in [2.45, 2.75) is 32.4 Å². The number of hydrogen-bond donors (Lipinski definition) is 1. The van der Waals surface area contributed by atoms with Crippen molar-refractivity contribution in [1.82, 2.24) is 9.80 Å². The second kappa shape index (κ2) is 8.10. The van der Waals surface area contributed by atoms with E-state index < -0.39 is 0 Å². The van der Waals surface area contributed by atoms with Crippen LogP contribution < -0.4 is 5.73 Å². The smallest absolute Gasteiger partial charge is 0.254 e. The molecule has 2 atom stereocenters. The SMILES string of the molecule is C[C@@H]1CCCN(C(=O)c2cccc(CN3CCOCC3)c2)[C@H]1CN. The van der Waals surface area contributed by atoms with E-state index >= 15 is 0 Å². The van der Waals surface area contributed by atoms with Gasteiger partial charge in [0.2, 0.25) is 0 Å². The van der Waals surface area contributed by atoms with E-state index in [4.69, 9.17) is 10.5 Å². The number of nitrogens with zero attached hydrogens (tertiary/aromatic N) is 2. The Morgan fingerprint density at radius 1 is 1.29 bits per heavy atom. The molecule has 0 aliphatic carbocycles. The molecular weight excluding hydrogens is 302 g/mol. The van der Waals surface area contributed by atoms with Crippen molar-refractivity contribution in [2.75, 3.05) is 39.4 Å². The van der Waals surface area contributed by atoms with Gasteiger partial charge in [0, 0.05) is 44.3 Å². The molecule has 2 aliphatic heterocycles. The summed E-state index contributed by atoms with van der Waals surface area (Å²) in [6.45, 7) is 7.94. The first-order valence-electron chi connectivity index (χ1n) is 9.09. The molecule has 0 spiro atoms. The first-order chi connectivity index (χ1) is 11.7. The van der Waals surface area contributed by atoms with Gasteiger partial charge < -0.3 is 15.4 Å². The molecule has 2 fully saturated rings. The number of benzene rings is 1. The van der Waals surface area contributed by atoms with E-state index in [1.807, 2.05) is 23.1 Å². The van der Waals surface area contributed by atoms with Crippen LogP contribution >= 0.6 is 0 Å². The standard InChI is InChI=1S/C19H29N3O2/c1-15-4-3-7-22(18(15)13-20)19(23)17-6-2-5-16(12-17)14-21-8-10-24-11-9-21/h2,5-6,12,15,18H,3-4,7-11,13-14,20H2,1H3/t15-,18+/m1/s1. The number of carbonyl (C=O) groups excluding carboxylic acids is 1. The molecule has 2 aliphatic rings. The van der Waals surface area contributed by atoms with Crippen LogP contribution in [0.1, 0.15) is 35.7 Å². The number of nitrogens with two attached hydrogens (primary N) is 1. The van der Waals surface area contributed by atoms with E-state index in [9.17, 15) is 4.79 Å². The Bertz CT molecular complexity index is 557. The summed E-state index contributed by atoms with van der Waals surface area (Å²) < 4.78 is 5.40. The van der Waals surface area contributed by atoms with Crippen LogP contribution in [0.25, 0.3) is 0 Å². The highest BCUT2D eigenvalue weighted by Gasteiger charge is 2.31. The van der Waals surface area contributed by atoms with Crippen LogP contribution in [0.2, 0.25) is 0 Å². The van der Waals surface area contributed by atoms with Crippen molar-refractivity contribution < 1.29 is 9.53 Å². The van der Waals surface area contributed by atoms with Crippen molar-refractivity contribution >= 4 is 5.91 Å². The molecule has 2 N–H and O–H groups in total. The average Bonchev–Trinajstić information content (AvgIpc) is 2.62. The van der Waals surface area contributed by atoms with E-state index in [1.165, 1.54) is 5.56 Å². The van der Waals surface area contributed by atoms with E-state index in [0.717, 1.165) is 57.8 Å². The summed E-state index contributed by atoms with van der Waals surface area (Å²) in [6, 6.07) is 8.23. The van der Waals surface area contributed by atoms with E-state index in [-0.39, 0.29) is 11.9 Å². The van der Waals surface area contributed by atoms with Gasteiger partial charge in [-0.15, -0.1) is 0 Å². The fourth-order valence-corrected chi connectivity index (χ4v) is 3.85. The number of piperidine rings is 1. The lowest BCUT2D eigenvalue weighted by Gasteiger charge is -2.39. The molecule has 3 rings (SSSR count). The van der Waals surface area contributed by atoms with Gasteiger partial charge in [-0.05, 0) is 36.5 Å². The van der Waals surface area contributed by atoms with Gasteiger partial charge in [0.1, 0.15) is 0 Å². The van der Waals surface area contributed by atoms with Gasteiger partial charge in [-0.1, -0.05) is 19.1 Å². The van der Waals surface area contributed by atoms with Gasteiger partial charge in [-0.3, -0.25) is 9.69 Å². The lowest BCUT2D eigenvalue weighted by molar-refractivity contribution is 0.0341. The molecule has 1 amide bonds. The van der Waals surface area contributed by atoms with Gasteiger partial charge in [0.25, 0.3) is 5.91 Å². The zero-order valence-corrected chi connectivity index (χ0v) is 14.6. The predicted molar refractivity (Wildman–Crippen MR) is 94.8 cm³/mol. The van der Waals surface area contributed by atoms with Crippen molar-refractivity contribution in [1.29, 1.82) is 0 Å². The highest BCUT2D eigenvalue weighted by Crippen LogP contribution is 2.24. The Labute approximate surface area is 144 Å². The molecule has 1 aromatic rings. The lowest BCUT2D eigenvalue weighted by atomic mass is 9.90. The highest BCUT2D eigenvalue weighted by molar-refractivity contribution is 5.94. The molecule has 0 saturated carbocycles. The third-order valence-corrected chi connectivity index (χ3v) is 5.30. The van der Waals surface area contributed by atoms with Gasteiger partial charge in [0.05, 0.1) is 13.2 Å². The number of hydrogen-bond acceptors (Lipinski definition) is 4. The molecule has 0 radical (unpaired) electrons. The topological polar surface area (TPSA) is 58.8 Å². The highest BCUT2D eigenvalue weighted by atomic mass is 16.5. The monoisotopic (exact) mass is 331 g/mol. The zero-order chi connectivity index (χ0) is 16.9. The van der Waals surface area contributed by atoms with E-state index in [1.54, 1.807) is 0 Å². The number of morpholine rings is 1. The Balaban J connectivity index is 1.71. The fourth-order valence-electron chi connectivity index (χ4n) is 3.85. The molecule has 0 aromatic heterocycles. The van der Waals surface area contributed by atoms with Crippen LogP contribution in [-0.4, -0.2) is 61.1 Å². The lowest BCUT2D eigenvalue weighted by Crippen LogP contribution is -2.51. The first kappa shape index (κ1) is 17.4. The molecule has 5 nitrogen and oxygen atoms in total. The van der Waals surface area contributed by atoms with Crippen LogP contribution in [0.5, 0.6) is 0 Å². The summed E-state index contributed by atoms with van der Waals surface area (Å²) in [5, 5.41) is 0. The van der Waals surface area contributed by atoms with Gasteiger partial charge in [-0.25, -0.2) is 0 Å². The van der Waals surface area contributed by atoms with Gasteiger partial charge in [0.15, 0.2) is 0 Å². The molecule has 2 heterocycles. The maximum absolute atomic E-state index is 13.0. The normalized spacial score (nSPS) is 25.7. The van der Waals surface area contributed by atoms with E-state index in [2.05, 4.69) is 17.9 Å². The summed E-state index contributed by atoms with van der Waals surface area (Å²) >= 11 is 0. The third kappa shape index (κ3) is 3.97. The number of amides is 1. The second-order valence-electron chi connectivity index (χ2n) is 7.01. The molecule has 0 bridgehead atoms. The van der Waals surface area contributed by atoms with Gasteiger partial charge >= 0.3 is 0 Å². The maximum Gasteiger partial charge on any atom is 0.254 e. The van der Waals surface area contributed by atoms with Crippen molar-refractivity contribution in [3.63, 3.8) is 0 Å². The maximum atomic E-state index is 13.0. The van der Waals surface area contributed by atoms with Crippen molar-refractivity contribution in [3.8, 4) is 0 Å². The molecule has 132 valence electrons. The first-order valence-corrected chi connectivity index (χ1v) is 9.09. The summed E-state index contributed by atoms with van der Waals surface area (Å²) in [6.07, 6.45) is 2.22. The Morgan fingerprint density at radius 2 is 2.08 bits per heavy atom. The number of ether oxygens (including phenoxy) is 1. The molecule has 0 unspecified atom stereocenters. The molecule has 5 heteroatoms. The van der Waals surface area contributed by atoms with Crippen LogP contribution in [0.4, 0.5) is 0 Å². The van der Waals surface area contributed by atoms with Crippen LogP contribution in [0.15, 0.2) is 24.3 Å². The van der Waals surface area contributed by atoms with Crippen LogP contribution in [-0.2, 0) is 11.3 Å². The summed E-state index contributed by atoms with van der Waals surface area (Å²) in [7, 11) is 0. The second-order valence-corrected chi connectivity index (χ2v) is 7.01. The number of rotatable bonds is 4. The minimum atomic E-state index is 0.126. The number of likely N-dealkylation sites (tertiary alicyclic amines) is 1. The minimum Gasteiger partial charge on any atom is -0.379 e. The fraction of sp³-hybridized carbons (Fsp3) is 0.632. The molecule has 2 saturated heterocycles. The van der Waals surface area contributed by atoms with Crippen molar-refractivity contribution in [2.24, 2.45) is 11.7 Å². The molecular formula is C19H29N3O2. The van der Waals surface area contributed by atoms with Crippen LogP contribution in [0, 0.1) is 5.92 Å². The third-order valence-electron chi connectivity index (χ3n) is 5.30. The Kier molecular flexibility index (Phi) is 5.87. The summed E-state index contributed by atoms with van der Waals surface area (Å²) in [5.41, 5.74) is 7.92. The number of carbonyl (C=O) groups is 1. The Morgan fingerprint density at radius 3 is 2.83 bits per heavy atom. The summed E-state index contributed by atoms with van der Waals surface area (Å²) in [5.74, 6) is 0.602. The van der Waals surface area contributed by atoms with Gasteiger partial charge in [-0.2, -0.15) is 0 Å². The van der Waals surface area contributed by atoms with E-state index in [0.29, 0.717) is 12.5 Å². The Hall–Kier alpha value is -1.43. The predicted octanol–water partition coefficient (Wildman–Crippen LogP) is 1.72. The quantitative estimate of drug-likeness (QED) is 0.913. The largest absolute Gasteiger partial charge is 0.379 e. The zero-order valence-electron chi connectivity index (χ0n) is 14.6. The van der Waals surface area contributed by atoms with Crippen LogP contribution in [0.3, 0.4) is 0 Å². The molecule has 1 aromatic carbocycles.